The molecule has 1 atom stereocenters. The van der Waals surface area contributed by atoms with Crippen molar-refractivity contribution >= 4 is 27.3 Å². The molecular weight excluding hydrogens is 322 g/mol. The maximum Gasteiger partial charge on any atom is 0.121 e. The fourth-order valence-corrected chi connectivity index (χ4v) is 3.39. The Kier molecular flexibility index (Phi) is 5.02. The quantitative estimate of drug-likeness (QED) is 0.864. The van der Waals surface area contributed by atoms with Gasteiger partial charge in [0.25, 0.3) is 0 Å². The van der Waals surface area contributed by atoms with E-state index in [4.69, 9.17) is 4.74 Å². The molecule has 4 heteroatoms. The van der Waals surface area contributed by atoms with Gasteiger partial charge in [0, 0.05) is 0 Å². The number of aryl methyl sites for hydroxylation is 1. The first kappa shape index (κ1) is 14.6. The SMILES string of the molecule is CCNC(c1csc(Br)c1)c1ccc(OC)c(C)c1. The van der Waals surface area contributed by atoms with Gasteiger partial charge in [-0.3, -0.25) is 0 Å². The summed E-state index contributed by atoms with van der Waals surface area (Å²) < 4.78 is 6.49. The Morgan fingerprint density at radius 1 is 1.32 bits per heavy atom. The molecule has 0 bridgehead atoms. The maximum absolute atomic E-state index is 5.32. The van der Waals surface area contributed by atoms with Crippen LogP contribution in [0.25, 0.3) is 0 Å². The van der Waals surface area contributed by atoms with E-state index in [1.807, 2.05) is 6.07 Å². The molecule has 102 valence electrons. The topological polar surface area (TPSA) is 21.3 Å². The van der Waals surface area contributed by atoms with Crippen molar-refractivity contribution in [2.75, 3.05) is 13.7 Å². The highest BCUT2D eigenvalue weighted by Gasteiger charge is 2.15. The number of ether oxygens (including phenoxy) is 1. The van der Waals surface area contributed by atoms with Crippen LogP contribution >= 0.6 is 27.3 Å². The van der Waals surface area contributed by atoms with Crippen LogP contribution in [0, 0.1) is 6.92 Å². The van der Waals surface area contributed by atoms with Crippen molar-refractivity contribution in [2.45, 2.75) is 19.9 Å². The molecule has 0 aliphatic rings. The summed E-state index contributed by atoms with van der Waals surface area (Å²) in [6.45, 7) is 5.14. The second-order valence-corrected chi connectivity index (χ2v) is 6.69. The molecule has 2 aromatic rings. The summed E-state index contributed by atoms with van der Waals surface area (Å²) in [6, 6.07) is 8.77. The molecule has 0 saturated carbocycles. The van der Waals surface area contributed by atoms with E-state index in [0.717, 1.165) is 21.6 Å². The normalized spacial score (nSPS) is 12.4. The minimum atomic E-state index is 0.233. The standard InChI is InChI=1S/C15H18BrNOS/c1-4-17-15(12-8-14(16)19-9-12)11-5-6-13(18-3)10(2)7-11/h5-9,15,17H,4H2,1-3H3. The Morgan fingerprint density at radius 2 is 2.11 bits per heavy atom. The van der Waals surface area contributed by atoms with Crippen LogP contribution in [0.1, 0.15) is 29.7 Å². The van der Waals surface area contributed by atoms with Crippen molar-refractivity contribution in [2.24, 2.45) is 0 Å². The lowest BCUT2D eigenvalue weighted by molar-refractivity contribution is 0.411. The monoisotopic (exact) mass is 339 g/mol. The van der Waals surface area contributed by atoms with Gasteiger partial charge in [0.2, 0.25) is 0 Å². The number of rotatable bonds is 5. The summed E-state index contributed by atoms with van der Waals surface area (Å²) in [5.41, 5.74) is 3.73. The lowest BCUT2D eigenvalue weighted by atomic mass is 9.99. The average molecular weight is 340 g/mol. The van der Waals surface area contributed by atoms with Crippen LogP contribution in [0.3, 0.4) is 0 Å². The molecule has 2 rings (SSSR count). The molecule has 0 aliphatic heterocycles. The van der Waals surface area contributed by atoms with Gasteiger partial charge in [-0.25, -0.2) is 0 Å². The fourth-order valence-electron chi connectivity index (χ4n) is 2.19. The van der Waals surface area contributed by atoms with E-state index in [-0.39, 0.29) is 6.04 Å². The average Bonchev–Trinajstić information content (AvgIpc) is 2.82. The highest BCUT2D eigenvalue weighted by atomic mass is 79.9. The van der Waals surface area contributed by atoms with Gasteiger partial charge in [-0.1, -0.05) is 19.1 Å². The summed E-state index contributed by atoms with van der Waals surface area (Å²) in [6.07, 6.45) is 0. The molecule has 0 fully saturated rings. The Hall–Kier alpha value is -0.840. The highest BCUT2D eigenvalue weighted by molar-refractivity contribution is 9.11. The summed E-state index contributed by atoms with van der Waals surface area (Å²) in [4.78, 5) is 0. The van der Waals surface area contributed by atoms with Gasteiger partial charge in [-0.05, 0) is 63.6 Å². The Morgan fingerprint density at radius 3 is 2.63 bits per heavy atom. The fraction of sp³-hybridized carbons (Fsp3) is 0.333. The molecule has 0 radical (unpaired) electrons. The van der Waals surface area contributed by atoms with E-state index in [1.165, 1.54) is 11.1 Å². The van der Waals surface area contributed by atoms with E-state index in [9.17, 15) is 0 Å². The number of hydrogen-bond acceptors (Lipinski definition) is 3. The zero-order valence-electron chi connectivity index (χ0n) is 11.4. The Labute approximate surface area is 126 Å². The van der Waals surface area contributed by atoms with Crippen molar-refractivity contribution in [3.8, 4) is 5.75 Å². The minimum Gasteiger partial charge on any atom is -0.496 e. The van der Waals surface area contributed by atoms with E-state index in [2.05, 4.69) is 58.7 Å². The second-order valence-electron chi connectivity index (χ2n) is 4.40. The molecule has 1 aromatic heterocycles. The minimum absolute atomic E-state index is 0.233. The van der Waals surface area contributed by atoms with Crippen molar-refractivity contribution in [1.29, 1.82) is 0 Å². The second kappa shape index (κ2) is 6.55. The number of halogens is 1. The maximum atomic E-state index is 5.32. The van der Waals surface area contributed by atoms with Gasteiger partial charge in [0.05, 0.1) is 16.9 Å². The van der Waals surface area contributed by atoms with Crippen LogP contribution in [-0.4, -0.2) is 13.7 Å². The molecule has 1 aromatic carbocycles. The van der Waals surface area contributed by atoms with E-state index in [1.54, 1.807) is 18.4 Å². The largest absolute Gasteiger partial charge is 0.496 e. The molecular formula is C15H18BrNOS. The smallest absolute Gasteiger partial charge is 0.121 e. The van der Waals surface area contributed by atoms with Crippen LogP contribution in [0.5, 0.6) is 5.75 Å². The van der Waals surface area contributed by atoms with Crippen LogP contribution in [0.4, 0.5) is 0 Å². The molecule has 2 nitrogen and oxygen atoms in total. The van der Waals surface area contributed by atoms with Crippen molar-refractivity contribution in [1.82, 2.24) is 5.32 Å². The van der Waals surface area contributed by atoms with Crippen LogP contribution in [0.2, 0.25) is 0 Å². The molecule has 0 aliphatic carbocycles. The third kappa shape index (κ3) is 3.38. The zero-order valence-corrected chi connectivity index (χ0v) is 13.8. The lowest BCUT2D eigenvalue weighted by Crippen LogP contribution is -2.21. The van der Waals surface area contributed by atoms with E-state index < -0.39 is 0 Å². The number of benzene rings is 1. The Bertz CT molecular complexity index is 553. The highest BCUT2D eigenvalue weighted by Crippen LogP contribution is 2.31. The van der Waals surface area contributed by atoms with Gasteiger partial charge in [0.15, 0.2) is 0 Å². The van der Waals surface area contributed by atoms with Crippen molar-refractivity contribution in [3.05, 3.63) is 50.1 Å². The summed E-state index contributed by atoms with van der Waals surface area (Å²) >= 11 is 5.25. The summed E-state index contributed by atoms with van der Waals surface area (Å²) in [7, 11) is 1.71. The molecule has 0 spiro atoms. The summed E-state index contributed by atoms with van der Waals surface area (Å²) in [5.74, 6) is 0.936. The first-order chi connectivity index (χ1) is 9.15. The third-order valence-corrected chi connectivity index (χ3v) is 4.60. The van der Waals surface area contributed by atoms with Crippen LogP contribution < -0.4 is 10.1 Å². The number of methoxy groups -OCH3 is 1. The molecule has 1 N–H and O–H groups in total. The number of nitrogens with one attached hydrogen (secondary N) is 1. The molecule has 1 heterocycles. The molecule has 0 amide bonds. The predicted octanol–water partition coefficient (Wildman–Crippen LogP) is 4.53. The van der Waals surface area contributed by atoms with Gasteiger partial charge >= 0.3 is 0 Å². The number of thiophene rings is 1. The van der Waals surface area contributed by atoms with Gasteiger partial charge in [-0.15, -0.1) is 11.3 Å². The molecule has 1 unspecified atom stereocenters. The zero-order chi connectivity index (χ0) is 13.8. The first-order valence-electron chi connectivity index (χ1n) is 6.27. The van der Waals surface area contributed by atoms with Crippen LogP contribution in [0.15, 0.2) is 33.4 Å². The van der Waals surface area contributed by atoms with E-state index >= 15 is 0 Å². The lowest BCUT2D eigenvalue weighted by Gasteiger charge is -2.18. The Balaban J connectivity index is 2.36. The van der Waals surface area contributed by atoms with Gasteiger partial charge in [-0.2, -0.15) is 0 Å². The van der Waals surface area contributed by atoms with Gasteiger partial charge < -0.3 is 10.1 Å². The van der Waals surface area contributed by atoms with Crippen LogP contribution in [-0.2, 0) is 0 Å². The van der Waals surface area contributed by atoms with Crippen molar-refractivity contribution < 1.29 is 4.74 Å². The summed E-state index contributed by atoms with van der Waals surface area (Å²) in [5, 5.41) is 5.73. The van der Waals surface area contributed by atoms with Gasteiger partial charge in [0.1, 0.15) is 5.75 Å². The molecule has 19 heavy (non-hydrogen) atoms. The third-order valence-electron chi connectivity index (χ3n) is 3.08. The molecule has 0 saturated heterocycles. The van der Waals surface area contributed by atoms with Crippen molar-refractivity contribution in [3.63, 3.8) is 0 Å². The first-order valence-corrected chi connectivity index (χ1v) is 7.94. The van der Waals surface area contributed by atoms with E-state index in [0.29, 0.717) is 0 Å². The predicted molar refractivity (Wildman–Crippen MR) is 85.3 cm³/mol. The number of hydrogen-bond donors (Lipinski definition) is 1.